The van der Waals surface area contributed by atoms with Crippen molar-refractivity contribution in [2.24, 2.45) is 5.92 Å². The van der Waals surface area contributed by atoms with Crippen LogP contribution in [0.1, 0.15) is 24.8 Å². The zero-order chi connectivity index (χ0) is 14.5. The minimum Gasteiger partial charge on any atom is -0.381 e. The molecule has 3 heteroatoms. The average Bonchev–Trinajstić information content (AvgIpc) is 2.91. The Hall–Kier alpha value is -1.32. The van der Waals surface area contributed by atoms with Crippen molar-refractivity contribution in [1.29, 1.82) is 0 Å². The number of hydrogen-bond acceptors (Lipinski definition) is 2. The maximum Gasteiger partial charge on any atom is 0.0480 e. The SMILES string of the molecule is CNCCCc1ccc2c(ccn2CC2CCOCC2)c1. The Labute approximate surface area is 127 Å². The lowest BCUT2D eigenvalue weighted by molar-refractivity contribution is 0.0616. The van der Waals surface area contributed by atoms with Crippen molar-refractivity contribution >= 4 is 10.9 Å². The fraction of sp³-hybridized carbons (Fsp3) is 0.556. The van der Waals surface area contributed by atoms with E-state index in [2.05, 4.69) is 40.3 Å². The molecule has 3 rings (SSSR count). The number of ether oxygens (including phenoxy) is 1. The molecule has 3 nitrogen and oxygen atoms in total. The van der Waals surface area contributed by atoms with Crippen LogP contribution in [0.5, 0.6) is 0 Å². The molecule has 1 aromatic carbocycles. The van der Waals surface area contributed by atoms with Crippen LogP contribution in [0.15, 0.2) is 30.5 Å². The molecule has 2 heterocycles. The van der Waals surface area contributed by atoms with E-state index in [1.165, 1.54) is 35.7 Å². The second-order valence-corrected chi connectivity index (χ2v) is 6.12. The summed E-state index contributed by atoms with van der Waals surface area (Å²) < 4.78 is 7.87. The molecule has 1 saturated heterocycles. The first-order valence-electron chi connectivity index (χ1n) is 8.17. The summed E-state index contributed by atoms with van der Waals surface area (Å²) in [6, 6.07) is 9.20. The fourth-order valence-corrected chi connectivity index (χ4v) is 3.24. The van der Waals surface area contributed by atoms with Crippen LogP contribution in [-0.2, 0) is 17.7 Å². The number of nitrogens with zero attached hydrogens (tertiary/aromatic N) is 1. The molecule has 2 aromatic rings. The van der Waals surface area contributed by atoms with Crippen molar-refractivity contribution in [3.8, 4) is 0 Å². The van der Waals surface area contributed by atoms with E-state index in [0.717, 1.165) is 38.6 Å². The zero-order valence-corrected chi connectivity index (χ0v) is 13.0. The van der Waals surface area contributed by atoms with Gasteiger partial charge in [-0.1, -0.05) is 6.07 Å². The third-order valence-corrected chi connectivity index (χ3v) is 4.52. The highest BCUT2D eigenvalue weighted by Crippen LogP contribution is 2.23. The molecule has 1 aliphatic rings. The molecular formula is C18H26N2O. The monoisotopic (exact) mass is 286 g/mol. The van der Waals surface area contributed by atoms with Crippen LogP contribution in [0.25, 0.3) is 10.9 Å². The predicted octanol–water partition coefficient (Wildman–Crippen LogP) is 3.22. The van der Waals surface area contributed by atoms with E-state index in [0.29, 0.717) is 0 Å². The molecule has 1 N–H and O–H groups in total. The number of aromatic nitrogens is 1. The number of rotatable bonds is 6. The Morgan fingerprint density at radius 1 is 1.24 bits per heavy atom. The summed E-state index contributed by atoms with van der Waals surface area (Å²) in [5.74, 6) is 0.768. The molecule has 0 amide bonds. The van der Waals surface area contributed by atoms with E-state index in [4.69, 9.17) is 4.74 Å². The smallest absolute Gasteiger partial charge is 0.0480 e. The second-order valence-electron chi connectivity index (χ2n) is 6.12. The van der Waals surface area contributed by atoms with E-state index < -0.39 is 0 Å². The summed E-state index contributed by atoms with van der Waals surface area (Å²) >= 11 is 0. The first kappa shape index (κ1) is 14.6. The van der Waals surface area contributed by atoms with Gasteiger partial charge in [-0.2, -0.15) is 0 Å². The summed E-state index contributed by atoms with van der Waals surface area (Å²) in [6.07, 6.45) is 6.99. The predicted molar refractivity (Wildman–Crippen MR) is 87.7 cm³/mol. The number of nitrogens with one attached hydrogen (secondary N) is 1. The number of aryl methyl sites for hydroxylation is 1. The van der Waals surface area contributed by atoms with Gasteiger partial charge in [0.05, 0.1) is 0 Å². The Bertz CT molecular complexity index is 570. The number of hydrogen-bond donors (Lipinski definition) is 1. The van der Waals surface area contributed by atoms with E-state index >= 15 is 0 Å². The van der Waals surface area contributed by atoms with Crippen LogP contribution in [0.3, 0.4) is 0 Å². The highest BCUT2D eigenvalue weighted by molar-refractivity contribution is 5.80. The molecule has 21 heavy (non-hydrogen) atoms. The van der Waals surface area contributed by atoms with E-state index in [1.54, 1.807) is 0 Å². The minimum absolute atomic E-state index is 0.768. The van der Waals surface area contributed by atoms with Gasteiger partial charge < -0.3 is 14.6 Å². The highest BCUT2D eigenvalue weighted by Gasteiger charge is 2.15. The molecule has 0 bridgehead atoms. The molecule has 0 aliphatic carbocycles. The van der Waals surface area contributed by atoms with Gasteiger partial charge in [-0.05, 0) is 74.3 Å². The summed E-state index contributed by atoms with van der Waals surface area (Å²) in [5, 5.41) is 4.59. The average molecular weight is 286 g/mol. The minimum atomic E-state index is 0.768. The lowest BCUT2D eigenvalue weighted by Crippen LogP contribution is -2.20. The Kier molecular flexibility index (Phi) is 4.94. The second kappa shape index (κ2) is 7.10. The molecule has 0 unspecified atom stereocenters. The van der Waals surface area contributed by atoms with E-state index in [-0.39, 0.29) is 0 Å². The van der Waals surface area contributed by atoms with Crippen molar-refractivity contribution in [3.63, 3.8) is 0 Å². The lowest BCUT2D eigenvalue weighted by atomic mass is 10.0. The van der Waals surface area contributed by atoms with Crippen LogP contribution in [0.4, 0.5) is 0 Å². The van der Waals surface area contributed by atoms with Crippen LogP contribution < -0.4 is 5.32 Å². The van der Waals surface area contributed by atoms with Gasteiger partial charge in [-0.15, -0.1) is 0 Å². The van der Waals surface area contributed by atoms with Crippen molar-refractivity contribution in [1.82, 2.24) is 9.88 Å². The summed E-state index contributed by atoms with van der Waals surface area (Å²) in [7, 11) is 2.01. The van der Waals surface area contributed by atoms with Crippen LogP contribution in [-0.4, -0.2) is 31.4 Å². The van der Waals surface area contributed by atoms with Gasteiger partial charge in [0.25, 0.3) is 0 Å². The van der Waals surface area contributed by atoms with E-state index in [1.807, 2.05) is 7.05 Å². The van der Waals surface area contributed by atoms with Gasteiger partial charge in [-0.3, -0.25) is 0 Å². The molecule has 1 aliphatic heterocycles. The van der Waals surface area contributed by atoms with Crippen molar-refractivity contribution in [2.45, 2.75) is 32.2 Å². The van der Waals surface area contributed by atoms with Gasteiger partial charge in [0.15, 0.2) is 0 Å². The summed E-state index contributed by atoms with van der Waals surface area (Å²) in [5.41, 5.74) is 2.82. The topological polar surface area (TPSA) is 26.2 Å². The Morgan fingerprint density at radius 2 is 2.10 bits per heavy atom. The molecule has 0 saturated carbocycles. The van der Waals surface area contributed by atoms with Crippen molar-refractivity contribution < 1.29 is 4.74 Å². The van der Waals surface area contributed by atoms with Crippen LogP contribution in [0, 0.1) is 5.92 Å². The number of benzene rings is 1. The highest BCUT2D eigenvalue weighted by atomic mass is 16.5. The lowest BCUT2D eigenvalue weighted by Gasteiger charge is -2.22. The third-order valence-electron chi connectivity index (χ3n) is 4.52. The Morgan fingerprint density at radius 3 is 2.90 bits per heavy atom. The first-order valence-corrected chi connectivity index (χ1v) is 8.17. The standard InChI is InChI=1S/C18H26N2O/c1-19-9-2-3-15-4-5-18-17(13-15)6-10-20(18)14-16-7-11-21-12-8-16/h4-6,10,13,16,19H,2-3,7-9,11-12,14H2,1H3. The summed E-state index contributed by atoms with van der Waals surface area (Å²) in [4.78, 5) is 0. The largest absolute Gasteiger partial charge is 0.381 e. The zero-order valence-electron chi connectivity index (χ0n) is 13.0. The van der Waals surface area contributed by atoms with Gasteiger partial charge in [-0.25, -0.2) is 0 Å². The maximum absolute atomic E-state index is 5.45. The molecule has 1 fully saturated rings. The van der Waals surface area contributed by atoms with Gasteiger partial charge >= 0.3 is 0 Å². The molecule has 114 valence electrons. The fourth-order valence-electron chi connectivity index (χ4n) is 3.24. The van der Waals surface area contributed by atoms with Crippen molar-refractivity contribution in [2.75, 3.05) is 26.8 Å². The van der Waals surface area contributed by atoms with Crippen molar-refractivity contribution in [3.05, 3.63) is 36.0 Å². The summed E-state index contributed by atoms with van der Waals surface area (Å²) in [6.45, 7) is 4.08. The molecule has 0 radical (unpaired) electrons. The van der Waals surface area contributed by atoms with E-state index in [9.17, 15) is 0 Å². The normalized spacial score (nSPS) is 16.6. The maximum atomic E-state index is 5.45. The van der Waals surface area contributed by atoms with Crippen LogP contribution in [0.2, 0.25) is 0 Å². The quantitative estimate of drug-likeness (QED) is 0.825. The van der Waals surface area contributed by atoms with Gasteiger partial charge in [0.1, 0.15) is 0 Å². The third kappa shape index (κ3) is 3.66. The number of fused-ring (bicyclic) bond motifs is 1. The molecular weight excluding hydrogens is 260 g/mol. The van der Waals surface area contributed by atoms with Gasteiger partial charge in [0, 0.05) is 31.5 Å². The van der Waals surface area contributed by atoms with Gasteiger partial charge in [0.2, 0.25) is 0 Å². The molecule has 1 aromatic heterocycles. The molecule has 0 atom stereocenters. The first-order chi connectivity index (χ1) is 10.4. The Balaban J connectivity index is 1.69. The van der Waals surface area contributed by atoms with Crippen LogP contribution >= 0.6 is 0 Å². The molecule has 0 spiro atoms.